The van der Waals surface area contributed by atoms with E-state index in [0.29, 0.717) is 31.8 Å². The summed E-state index contributed by atoms with van der Waals surface area (Å²) in [5.41, 5.74) is 0.306. The molecule has 0 bridgehead atoms. The predicted octanol–water partition coefficient (Wildman–Crippen LogP) is 4.19. The zero-order valence-corrected chi connectivity index (χ0v) is 19.7. The Hall–Kier alpha value is -2.80. The Bertz CT molecular complexity index is 1010. The monoisotopic (exact) mass is 469 g/mol. The van der Waals surface area contributed by atoms with Gasteiger partial charge in [0.15, 0.2) is 11.6 Å². The summed E-state index contributed by atoms with van der Waals surface area (Å²) in [7, 11) is 0. The number of likely N-dealkylation sites (tertiary alicyclic amines) is 2. The van der Waals surface area contributed by atoms with Crippen LogP contribution in [0.5, 0.6) is 0 Å². The molecule has 7 heteroatoms. The van der Waals surface area contributed by atoms with E-state index in [2.05, 4.69) is 34.5 Å². The van der Waals surface area contributed by atoms with Crippen LogP contribution in [0.4, 0.5) is 8.78 Å². The van der Waals surface area contributed by atoms with Crippen molar-refractivity contribution in [2.75, 3.05) is 32.7 Å². The van der Waals surface area contributed by atoms with E-state index in [1.54, 1.807) is 6.92 Å². The summed E-state index contributed by atoms with van der Waals surface area (Å²) in [6.45, 7) is 5.43. The highest BCUT2D eigenvalue weighted by atomic mass is 19.2. The Kier molecular flexibility index (Phi) is 7.61. The van der Waals surface area contributed by atoms with Gasteiger partial charge in [-0.05, 0) is 81.4 Å². The maximum absolute atomic E-state index is 14.0. The Labute approximate surface area is 200 Å². The fourth-order valence-corrected chi connectivity index (χ4v) is 5.22. The van der Waals surface area contributed by atoms with Gasteiger partial charge in [-0.1, -0.05) is 36.4 Å². The van der Waals surface area contributed by atoms with Crippen LogP contribution in [0.3, 0.4) is 0 Å². The normalized spacial score (nSPS) is 19.3. The second-order valence-corrected chi connectivity index (χ2v) is 9.49. The highest BCUT2D eigenvalue weighted by Crippen LogP contribution is 2.33. The molecule has 2 aliphatic heterocycles. The number of hydrogen-bond donors (Lipinski definition) is 1. The SMILES string of the molecule is CC(C(=O)NCCCN1CCC(c2ccccc2)CC1)(c1ccc(F)c(F)c1)N1CCCC1=O. The Morgan fingerprint density at radius 1 is 1.06 bits per heavy atom. The van der Waals surface area contributed by atoms with Crippen LogP contribution >= 0.6 is 0 Å². The zero-order valence-electron chi connectivity index (χ0n) is 19.7. The van der Waals surface area contributed by atoms with Gasteiger partial charge in [0.1, 0.15) is 5.54 Å². The van der Waals surface area contributed by atoms with Crippen LogP contribution in [0.2, 0.25) is 0 Å². The van der Waals surface area contributed by atoms with E-state index in [1.807, 2.05) is 6.07 Å². The van der Waals surface area contributed by atoms with Crippen molar-refractivity contribution in [3.63, 3.8) is 0 Å². The largest absolute Gasteiger partial charge is 0.354 e. The molecule has 0 spiro atoms. The van der Waals surface area contributed by atoms with Gasteiger partial charge in [0.05, 0.1) is 0 Å². The molecule has 2 aromatic carbocycles. The lowest BCUT2D eigenvalue weighted by Crippen LogP contribution is -2.55. The minimum Gasteiger partial charge on any atom is -0.354 e. The summed E-state index contributed by atoms with van der Waals surface area (Å²) in [6, 6.07) is 14.1. The van der Waals surface area contributed by atoms with Gasteiger partial charge in [-0.25, -0.2) is 8.78 Å². The molecule has 2 amide bonds. The number of nitrogens with zero attached hydrogens (tertiary/aromatic N) is 2. The number of carbonyl (C=O) groups excluding carboxylic acids is 2. The van der Waals surface area contributed by atoms with Gasteiger partial charge in [0.25, 0.3) is 0 Å². The van der Waals surface area contributed by atoms with E-state index in [4.69, 9.17) is 0 Å². The first kappa shape index (κ1) is 24.3. The van der Waals surface area contributed by atoms with Crippen molar-refractivity contribution in [2.24, 2.45) is 0 Å². The highest BCUT2D eigenvalue weighted by Gasteiger charge is 2.45. The summed E-state index contributed by atoms with van der Waals surface area (Å²) in [6.07, 6.45) is 4.03. The van der Waals surface area contributed by atoms with Gasteiger partial charge in [-0.3, -0.25) is 9.59 Å². The number of rotatable bonds is 8. The third-order valence-corrected chi connectivity index (χ3v) is 7.33. The van der Waals surface area contributed by atoms with Crippen molar-refractivity contribution < 1.29 is 18.4 Å². The molecular weight excluding hydrogens is 436 g/mol. The summed E-state index contributed by atoms with van der Waals surface area (Å²) in [4.78, 5) is 29.7. The molecule has 0 radical (unpaired) electrons. The molecule has 1 atom stereocenters. The smallest absolute Gasteiger partial charge is 0.250 e. The first-order valence-corrected chi connectivity index (χ1v) is 12.2. The third-order valence-electron chi connectivity index (χ3n) is 7.33. The van der Waals surface area contributed by atoms with E-state index >= 15 is 0 Å². The van der Waals surface area contributed by atoms with Crippen LogP contribution < -0.4 is 5.32 Å². The van der Waals surface area contributed by atoms with Crippen molar-refractivity contribution >= 4 is 11.8 Å². The minimum absolute atomic E-state index is 0.149. The number of piperidine rings is 1. The lowest BCUT2D eigenvalue weighted by atomic mass is 9.88. The van der Waals surface area contributed by atoms with Crippen molar-refractivity contribution in [1.29, 1.82) is 0 Å². The van der Waals surface area contributed by atoms with E-state index in [9.17, 15) is 18.4 Å². The lowest BCUT2D eigenvalue weighted by molar-refractivity contribution is -0.144. The van der Waals surface area contributed by atoms with Gasteiger partial charge in [0.2, 0.25) is 11.8 Å². The van der Waals surface area contributed by atoms with Crippen LogP contribution in [0.15, 0.2) is 48.5 Å². The number of nitrogens with one attached hydrogen (secondary N) is 1. The summed E-state index contributed by atoms with van der Waals surface area (Å²) in [5, 5.41) is 2.95. The third kappa shape index (κ3) is 5.14. The Morgan fingerprint density at radius 3 is 2.44 bits per heavy atom. The minimum atomic E-state index is -1.38. The molecule has 182 valence electrons. The van der Waals surface area contributed by atoms with Crippen LogP contribution in [-0.2, 0) is 15.1 Å². The van der Waals surface area contributed by atoms with E-state index in [-0.39, 0.29) is 17.4 Å². The first-order chi connectivity index (χ1) is 16.4. The topological polar surface area (TPSA) is 52.7 Å². The van der Waals surface area contributed by atoms with Crippen LogP contribution in [0.25, 0.3) is 0 Å². The van der Waals surface area contributed by atoms with Crippen molar-refractivity contribution in [2.45, 2.75) is 50.5 Å². The number of hydrogen-bond acceptors (Lipinski definition) is 3. The van der Waals surface area contributed by atoms with Crippen LogP contribution in [0.1, 0.15) is 56.1 Å². The number of halogens is 2. The molecule has 1 unspecified atom stereocenters. The van der Waals surface area contributed by atoms with Gasteiger partial charge < -0.3 is 15.1 Å². The molecular formula is C27H33F2N3O2. The van der Waals surface area contributed by atoms with Crippen LogP contribution in [0, 0.1) is 11.6 Å². The summed E-state index contributed by atoms with van der Waals surface area (Å²) >= 11 is 0. The van der Waals surface area contributed by atoms with Crippen molar-refractivity contribution in [1.82, 2.24) is 15.1 Å². The maximum atomic E-state index is 14.0. The zero-order chi connectivity index (χ0) is 24.1. The molecule has 1 N–H and O–H groups in total. The fraction of sp³-hybridized carbons (Fsp3) is 0.481. The lowest BCUT2D eigenvalue weighted by Gasteiger charge is -2.38. The number of amides is 2. The molecule has 34 heavy (non-hydrogen) atoms. The average Bonchev–Trinajstić information content (AvgIpc) is 3.30. The van der Waals surface area contributed by atoms with Crippen molar-refractivity contribution in [3.05, 3.63) is 71.3 Å². The molecule has 2 fully saturated rings. The molecule has 4 rings (SSSR count). The average molecular weight is 470 g/mol. The van der Waals surface area contributed by atoms with Gasteiger partial charge in [-0.2, -0.15) is 0 Å². The van der Waals surface area contributed by atoms with Crippen LogP contribution in [-0.4, -0.2) is 54.3 Å². The van der Waals surface area contributed by atoms with Gasteiger partial charge in [-0.15, -0.1) is 0 Å². The molecule has 2 aliphatic rings. The highest BCUT2D eigenvalue weighted by molar-refractivity contribution is 5.93. The van der Waals surface area contributed by atoms with E-state index < -0.39 is 17.2 Å². The Morgan fingerprint density at radius 2 is 1.79 bits per heavy atom. The molecule has 0 saturated carbocycles. The van der Waals surface area contributed by atoms with Gasteiger partial charge >= 0.3 is 0 Å². The second kappa shape index (κ2) is 10.6. The van der Waals surface area contributed by atoms with Crippen molar-refractivity contribution in [3.8, 4) is 0 Å². The molecule has 2 saturated heterocycles. The fourth-order valence-electron chi connectivity index (χ4n) is 5.22. The van der Waals surface area contributed by atoms with E-state index in [1.165, 1.54) is 16.5 Å². The molecule has 2 heterocycles. The number of benzene rings is 2. The quantitative estimate of drug-likeness (QED) is 0.590. The molecule has 0 aromatic heterocycles. The standard InChI is InChI=1S/C27H33F2N3O2/c1-27(32-16-5-9-25(32)33,22-10-11-23(28)24(29)19-22)26(34)30-14-6-15-31-17-12-21(13-18-31)20-7-3-2-4-8-20/h2-4,7-8,10-11,19,21H,5-6,9,12-18H2,1H3,(H,30,34). The second-order valence-electron chi connectivity index (χ2n) is 9.49. The van der Waals surface area contributed by atoms with E-state index in [0.717, 1.165) is 51.0 Å². The summed E-state index contributed by atoms with van der Waals surface area (Å²) in [5.74, 6) is -1.91. The molecule has 2 aromatic rings. The molecule has 0 aliphatic carbocycles. The number of carbonyl (C=O) groups is 2. The maximum Gasteiger partial charge on any atom is 0.250 e. The Balaban J connectivity index is 1.32. The first-order valence-electron chi connectivity index (χ1n) is 12.2. The predicted molar refractivity (Wildman–Crippen MR) is 127 cm³/mol. The molecule has 5 nitrogen and oxygen atoms in total. The van der Waals surface area contributed by atoms with Gasteiger partial charge in [0, 0.05) is 19.5 Å². The summed E-state index contributed by atoms with van der Waals surface area (Å²) < 4.78 is 27.5.